The lowest BCUT2D eigenvalue weighted by Gasteiger charge is -2.19. The topological polar surface area (TPSA) is 116 Å². The van der Waals surface area contributed by atoms with Crippen molar-refractivity contribution in [2.75, 3.05) is 17.7 Å². The summed E-state index contributed by atoms with van der Waals surface area (Å²) in [6.45, 7) is 0. The van der Waals surface area contributed by atoms with Crippen molar-refractivity contribution in [2.24, 2.45) is 0 Å². The second-order valence-corrected chi connectivity index (χ2v) is 4.37. The average Bonchev–Trinajstić information content (AvgIpc) is 2.46. The SMILES string of the molecule is CN(C(=O)c1c[nH]ccc1=O)c1ccc(N)cc1C(=O)O. The zero-order valence-corrected chi connectivity index (χ0v) is 11.2. The van der Waals surface area contributed by atoms with Crippen molar-refractivity contribution in [3.8, 4) is 0 Å². The number of amides is 1. The Hall–Kier alpha value is -3.09. The number of benzene rings is 1. The van der Waals surface area contributed by atoms with Gasteiger partial charge in [-0.05, 0) is 18.2 Å². The molecule has 21 heavy (non-hydrogen) atoms. The molecule has 0 fully saturated rings. The Labute approximate surface area is 119 Å². The Bertz CT molecular complexity index is 767. The van der Waals surface area contributed by atoms with Gasteiger partial charge in [-0.25, -0.2) is 4.79 Å². The van der Waals surface area contributed by atoms with Crippen LogP contribution in [-0.4, -0.2) is 29.0 Å². The number of carbonyl (C=O) groups is 2. The third-order valence-corrected chi connectivity index (χ3v) is 2.97. The summed E-state index contributed by atoms with van der Waals surface area (Å²) in [7, 11) is 1.40. The second kappa shape index (κ2) is 5.49. The van der Waals surface area contributed by atoms with Crippen molar-refractivity contribution in [3.05, 3.63) is 58.0 Å². The summed E-state index contributed by atoms with van der Waals surface area (Å²) in [5, 5.41) is 9.18. The molecule has 0 saturated heterocycles. The van der Waals surface area contributed by atoms with E-state index in [1.165, 1.54) is 43.7 Å². The van der Waals surface area contributed by atoms with Crippen LogP contribution in [0.4, 0.5) is 11.4 Å². The highest BCUT2D eigenvalue weighted by Gasteiger charge is 2.21. The standard InChI is InChI=1S/C14H13N3O4/c1-17(13(19)10-7-16-5-4-12(10)18)11-3-2-8(15)6-9(11)14(20)21/h2-7H,15H2,1H3,(H,16,18)(H,20,21). The van der Waals surface area contributed by atoms with Crippen molar-refractivity contribution in [2.45, 2.75) is 0 Å². The lowest BCUT2D eigenvalue weighted by atomic mass is 10.1. The van der Waals surface area contributed by atoms with Crippen molar-refractivity contribution < 1.29 is 14.7 Å². The molecule has 0 aliphatic heterocycles. The molecule has 0 aliphatic rings. The zero-order chi connectivity index (χ0) is 15.6. The normalized spacial score (nSPS) is 10.1. The number of nitrogen functional groups attached to an aromatic ring is 1. The molecule has 2 aromatic rings. The Kier molecular flexibility index (Phi) is 3.75. The summed E-state index contributed by atoms with van der Waals surface area (Å²) in [5.41, 5.74) is 5.35. The summed E-state index contributed by atoms with van der Waals surface area (Å²) in [5.74, 6) is -1.82. The first-order chi connectivity index (χ1) is 9.91. The molecule has 108 valence electrons. The summed E-state index contributed by atoms with van der Waals surface area (Å²) in [6.07, 6.45) is 2.68. The fourth-order valence-corrected chi connectivity index (χ4v) is 1.89. The van der Waals surface area contributed by atoms with E-state index in [4.69, 9.17) is 5.73 Å². The maximum Gasteiger partial charge on any atom is 0.337 e. The monoisotopic (exact) mass is 287 g/mol. The number of rotatable bonds is 3. The minimum Gasteiger partial charge on any atom is -0.478 e. The molecule has 4 N–H and O–H groups in total. The van der Waals surface area contributed by atoms with Crippen molar-refractivity contribution >= 4 is 23.3 Å². The summed E-state index contributed by atoms with van der Waals surface area (Å²) in [4.78, 5) is 39.0. The largest absolute Gasteiger partial charge is 0.478 e. The first kappa shape index (κ1) is 14.3. The number of hydrogen-bond acceptors (Lipinski definition) is 4. The minimum atomic E-state index is -1.21. The number of H-pyrrole nitrogens is 1. The van der Waals surface area contributed by atoms with Crippen molar-refractivity contribution in [1.29, 1.82) is 0 Å². The average molecular weight is 287 g/mol. The number of pyridine rings is 1. The van der Waals surface area contributed by atoms with E-state index in [-0.39, 0.29) is 22.5 Å². The van der Waals surface area contributed by atoms with Gasteiger partial charge in [-0.3, -0.25) is 9.59 Å². The molecule has 1 heterocycles. The Morgan fingerprint density at radius 2 is 1.95 bits per heavy atom. The molecule has 1 amide bonds. The van der Waals surface area contributed by atoms with Crippen LogP contribution in [0.5, 0.6) is 0 Å². The van der Waals surface area contributed by atoms with Gasteiger partial charge in [0.25, 0.3) is 5.91 Å². The third-order valence-electron chi connectivity index (χ3n) is 2.97. The number of anilines is 2. The van der Waals surface area contributed by atoms with Crippen molar-refractivity contribution in [3.63, 3.8) is 0 Å². The number of nitrogens with two attached hydrogens (primary N) is 1. The molecular formula is C14H13N3O4. The number of carbonyl (C=O) groups excluding carboxylic acids is 1. The van der Waals surface area contributed by atoms with Crippen LogP contribution >= 0.6 is 0 Å². The Morgan fingerprint density at radius 1 is 1.24 bits per heavy atom. The maximum absolute atomic E-state index is 12.3. The molecule has 0 unspecified atom stereocenters. The van der Waals surface area contributed by atoms with E-state index in [1.807, 2.05) is 0 Å². The quantitative estimate of drug-likeness (QED) is 0.726. The predicted octanol–water partition coefficient (Wildman–Crippen LogP) is 0.932. The number of nitrogens with one attached hydrogen (secondary N) is 1. The van der Waals surface area contributed by atoms with Gasteiger partial charge < -0.3 is 20.7 Å². The predicted molar refractivity (Wildman–Crippen MR) is 77.6 cm³/mol. The van der Waals surface area contributed by atoms with E-state index >= 15 is 0 Å². The third kappa shape index (κ3) is 2.76. The first-order valence-electron chi connectivity index (χ1n) is 6.00. The molecule has 0 saturated carbocycles. The van der Waals surface area contributed by atoms with Crippen LogP contribution in [0.1, 0.15) is 20.7 Å². The number of aromatic nitrogens is 1. The number of aromatic carboxylic acids is 1. The van der Waals surface area contributed by atoms with E-state index in [0.29, 0.717) is 0 Å². The molecule has 7 heteroatoms. The molecule has 0 aliphatic carbocycles. The molecule has 1 aromatic heterocycles. The second-order valence-electron chi connectivity index (χ2n) is 4.37. The van der Waals surface area contributed by atoms with E-state index in [1.54, 1.807) is 0 Å². The Balaban J connectivity index is 2.48. The fourth-order valence-electron chi connectivity index (χ4n) is 1.89. The van der Waals surface area contributed by atoms with Gasteiger partial charge in [0, 0.05) is 31.2 Å². The van der Waals surface area contributed by atoms with E-state index in [9.17, 15) is 19.5 Å². The molecule has 0 bridgehead atoms. The molecule has 2 rings (SSSR count). The molecule has 0 radical (unpaired) electrons. The van der Waals surface area contributed by atoms with Gasteiger partial charge in [-0.1, -0.05) is 0 Å². The number of carboxylic acids is 1. The highest BCUT2D eigenvalue weighted by Crippen LogP contribution is 2.23. The minimum absolute atomic E-state index is 0.0758. The van der Waals surface area contributed by atoms with Crippen LogP contribution in [0.15, 0.2) is 41.5 Å². The van der Waals surface area contributed by atoms with Crippen LogP contribution in [0.3, 0.4) is 0 Å². The van der Waals surface area contributed by atoms with Crippen LogP contribution in [0, 0.1) is 0 Å². The van der Waals surface area contributed by atoms with Gasteiger partial charge >= 0.3 is 5.97 Å². The maximum atomic E-state index is 12.3. The van der Waals surface area contributed by atoms with Crippen molar-refractivity contribution in [1.82, 2.24) is 4.98 Å². The number of nitrogens with zero attached hydrogens (tertiary/aromatic N) is 1. The van der Waals surface area contributed by atoms with Crippen LogP contribution in [-0.2, 0) is 0 Å². The van der Waals surface area contributed by atoms with Gasteiger partial charge in [0.05, 0.1) is 11.3 Å². The lowest BCUT2D eigenvalue weighted by molar-refractivity contribution is 0.0698. The van der Waals surface area contributed by atoms with Crippen LogP contribution < -0.4 is 16.1 Å². The van der Waals surface area contributed by atoms with Gasteiger partial charge in [0.1, 0.15) is 5.56 Å². The highest BCUT2D eigenvalue weighted by molar-refractivity contribution is 6.09. The highest BCUT2D eigenvalue weighted by atomic mass is 16.4. The van der Waals surface area contributed by atoms with Crippen LogP contribution in [0.2, 0.25) is 0 Å². The number of aromatic amines is 1. The van der Waals surface area contributed by atoms with Gasteiger partial charge in [-0.15, -0.1) is 0 Å². The van der Waals surface area contributed by atoms with Gasteiger partial charge in [-0.2, -0.15) is 0 Å². The lowest BCUT2D eigenvalue weighted by Crippen LogP contribution is -2.31. The summed E-state index contributed by atoms with van der Waals surface area (Å²) in [6, 6.07) is 5.40. The summed E-state index contributed by atoms with van der Waals surface area (Å²) < 4.78 is 0. The van der Waals surface area contributed by atoms with Gasteiger partial charge in [0.15, 0.2) is 5.43 Å². The smallest absolute Gasteiger partial charge is 0.337 e. The van der Waals surface area contributed by atoms with E-state index in [2.05, 4.69) is 4.98 Å². The molecule has 0 atom stereocenters. The number of hydrogen-bond donors (Lipinski definition) is 3. The van der Waals surface area contributed by atoms with Crippen LogP contribution in [0.25, 0.3) is 0 Å². The van der Waals surface area contributed by atoms with Gasteiger partial charge in [0.2, 0.25) is 0 Å². The van der Waals surface area contributed by atoms with E-state index < -0.39 is 17.3 Å². The molecule has 1 aromatic carbocycles. The number of carboxylic acid groups (broad SMARTS) is 1. The molecular weight excluding hydrogens is 274 g/mol. The first-order valence-corrected chi connectivity index (χ1v) is 6.00. The molecule has 7 nitrogen and oxygen atoms in total. The summed E-state index contributed by atoms with van der Waals surface area (Å²) >= 11 is 0. The Morgan fingerprint density at radius 3 is 2.57 bits per heavy atom. The molecule has 0 spiro atoms. The van der Waals surface area contributed by atoms with E-state index in [0.717, 1.165) is 4.90 Å². The zero-order valence-electron chi connectivity index (χ0n) is 11.2. The fraction of sp³-hybridized carbons (Fsp3) is 0.0714.